The van der Waals surface area contributed by atoms with E-state index in [1.165, 1.54) is 12.3 Å². The van der Waals surface area contributed by atoms with Gasteiger partial charge in [0.2, 0.25) is 0 Å². The van der Waals surface area contributed by atoms with Crippen molar-refractivity contribution in [2.45, 2.75) is 51.2 Å². The molecule has 0 bridgehead atoms. The maximum atomic E-state index is 13.0. The molecule has 6 nitrogen and oxygen atoms in total. The molecule has 0 unspecified atom stereocenters. The molecule has 26 heavy (non-hydrogen) atoms. The Morgan fingerprint density at radius 2 is 2.08 bits per heavy atom. The number of hydrogen-bond acceptors (Lipinski definition) is 4. The molecule has 1 amide bonds. The minimum absolute atomic E-state index is 0.0192. The third-order valence-corrected chi connectivity index (χ3v) is 5.39. The number of amides is 1. The van der Waals surface area contributed by atoms with Gasteiger partial charge >= 0.3 is 0 Å². The van der Waals surface area contributed by atoms with Crippen molar-refractivity contribution in [1.29, 1.82) is 0 Å². The number of piperidine rings is 1. The zero-order valence-electron chi connectivity index (χ0n) is 15.0. The van der Waals surface area contributed by atoms with Crippen LogP contribution in [0.3, 0.4) is 0 Å². The summed E-state index contributed by atoms with van der Waals surface area (Å²) in [6, 6.07) is 3.19. The van der Waals surface area contributed by atoms with Gasteiger partial charge in [-0.2, -0.15) is 5.10 Å². The maximum absolute atomic E-state index is 13.0. The van der Waals surface area contributed by atoms with Crippen molar-refractivity contribution < 1.29 is 13.9 Å². The van der Waals surface area contributed by atoms with Gasteiger partial charge in [0.05, 0.1) is 24.1 Å². The largest absolute Gasteiger partial charge is 0.369 e. The number of hydrogen-bond donors (Lipinski definition) is 1. The Morgan fingerprint density at radius 3 is 2.77 bits per heavy atom. The fourth-order valence-electron chi connectivity index (χ4n) is 4.01. The highest BCUT2D eigenvalue weighted by Crippen LogP contribution is 2.32. The highest BCUT2D eigenvalue weighted by atomic mass is 19.1. The van der Waals surface area contributed by atoms with Gasteiger partial charge in [-0.15, -0.1) is 0 Å². The first-order valence-corrected chi connectivity index (χ1v) is 9.16. The molecule has 0 saturated carbocycles. The van der Waals surface area contributed by atoms with Crippen molar-refractivity contribution in [2.24, 2.45) is 0 Å². The molecular formula is C19H23FN4O2. The Balaban J connectivity index is 1.45. The molecule has 2 atom stereocenters. The van der Waals surface area contributed by atoms with Crippen LogP contribution in [-0.2, 0) is 11.2 Å². The second-order valence-electron chi connectivity index (χ2n) is 7.23. The molecule has 2 aromatic rings. The number of aromatic amines is 1. The second-order valence-corrected chi connectivity index (χ2v) is 7.23. The van der Waals surface area contributed by atoms with Gasteiger partial charge in [0.15, 0.2) is 5.69 Å². The third kappa shape index (κ3) is 3.11. The highest BCUT2D eigenvalue weighted by molar-refractivity contribution is 5.94. The molecular weight excluding hydrogens is 335 g/mol. The summed E-state index contributed by atoms with van der Waals surface area (Å²) < 4.78 is 18.8. The molecule has 1 saturated heterocycles. The zero-order chi connectivity index (χ0) is 18.3. The molecule has 2 aromatic heterocycles. The zero-order valence-corrected chi connectivity index (χ0v) is 15.0. The van der Waals surface area contributed by atoms with Crippen LogP contribution in [0.15, 0.2) is 18.3 Å². The minimum atomic E-state index is -0.322. The summed E-state index contributed by atoms with van der Waals surface area (Å²) in [5, 5.41) is 7.28. The van der Waals surface area contributed by atoms with Crippen LogP contribution < -0.4 is 0 Å². The SMILES string of the molecule is C[C@@H]1Cc2c(C(=O)N3CCC(c4ccc(F)cn4)CC3)n[nH]c2[C@H](C)O1. The van der Waals surface area contributed by atoms with E-state index in [4.69, 9.17) is 4.74 Å². The average Bonchev–Trinajstić information content (AvgIpc) is 3.06. The molecule has 0 radical (unpaired) electrons. The fourth-order valence-corrected chi connectivity index (χ4v) is 4.01. The molecule has 0 aliphatic carbocycles. The van der Waals surface area contributed by atoms with E-state index in [1.54, 1.807) is 6.07 Å². The van der Waals surface area contributed by atoms with Gasteiger partial charge in [-0.1, -0.05) is 0 Å². The number of H-pyrrole nitrogens is 1. The number of aromatic nitrogens is 3. The molecule has 2 aliphatic rings. The fraction of sp³-hybridized carbons (Fsp3) is 0.526. The Kier molecular flexibility index (Phi) is 4.48. The van der Waals surface area contributed by atoms with Gasteiger partial charge in [0.1, 0.15) is 5.82 Å². The number of nitrogens with one attached hydrogen (secondary N) is 1. The number of fused-ring (bicyclic) bond motifs is 1. The number of nitrogens with zero attached hydrogens (tertiary/aromatic N) is 3. The number of pyridine rings is 1. The molecule has 1 fully saturated rings. The molecule has 0 spiro atoms. The van der Waals surface area contributed by atoms with Crippen LogP contribution in [0.5, 0.6) is 0 Å². The molecule has 2 aliphatic heterocycles. The molecule has 4 rings (SSSR count). The molecule has 0 aromatic carbocycles. The number of halogens is 1. The van der Waals surface area contributed by atoms with Crippen molar-refractivity contribution in [3.8, 4) is 0 Å². The van der Waals surface area contributed by atoms with Crippen LogP contribution in [0, 0.1) is 5.82 Å². The first kappa shape index (κ1) is 17.1. The second kappa shape index (κ2) is 6.79. The summed E-state index contributed by atoms with van der Waals surface area (Å²) in [5.74, 6) is -0.0763. The normalized spacial score (nSPS) is 23.7. The Labute approximate surface area is 151 Å². The summed E-state index contributed by atoms with van der Waals surface area (Å²) in [7, 11) is 0. The summed E-state index contributed by atoms with van der Waals surface area (Å²) in [6.45, 7) is 5.31. The van der Waals surface area contributed by atoms with E-state index in [1.807, 2.05) is 18.7 Å². The molecule has 138 valence electrons. The molecule has 4 heterocycles. The van der Waals surface area contributed by atoms with Crippen molar-refractivity contribution in [1.82, 2.24) is 20.1 Å². The maximum Gasteiger partial charge on any atom is 0.274 e. The van der Waals surface area contributed by atoms with Gasteiger partial charge in [-0.3, -0.25) is 14.9 Å². The summed E-state index contributed by atoms with van der Waals surface area (Å²) in [6.07, 6.45) is 3.62. The minimum Gasteiger partial charge on any atom is -0.369 e. The summed E-state index contributed by atoms with van der Waals surface area (Å²) in [5.41, 5.74) is 3.33. The highest BCUT2D eigenvalue weighted by Gasteiger charge is 2.33. The quantitative estimate of drug-likeness (QED) is 0.896. The monoisotopic (exact) mass is 358 g/mol. The lowest BCUT2D eigenvalue weighted by Gasteiger charge is -2.32. The Morgan fingerprint density at radius 1 is 1.31 bits per heavy atom. The van der Waals surface area contributed by atoms with E-state index in [0.717, 1.165) is 29.8 Å². The van der Waals surface area contributed by atoms with Crippen LogP contribution >= 0.6 is 0 Å². The van der Waals surface area contributed by atoms with E-state index in [9.17, 15) is 9.18 Å². The summed E-state index contributed by atoms with van der Waals surface area (Å²) in [4.78, 5) is 19.0. The van der Waals surface area contributed by atoms with Gasteiger partial charge in [-0.25, -0.2) is 4.39 Å². The molecule has 1 N–H and O–H groups in total. The van der Waals surface area contributed by atoms with Crippen LogP contribution in [0.2, 0.25) is 0 Å². The van der Waals surface area contributed by atoms with Gasteiger partial charge < -0.3 is 9.64 Å². The van der Waals surface area contributed by atoms with Crippen molar-refractivity contribution in [2.75, 3.05) is 13.1 Å². The van der Waals surface area contributed by atoms with E-state index in [2.05, 4.69) is 15.2 Å². The predicted octanol–water partition coefficient (Wildman–Crippen LogP) is 2.99. The first-order chi connectivity index (χ1) is 12.5. The summed E-state index contributed by atoms with van der Waals surface area (Å²) >= 11 is 0. The van der Waals surface area contributed by atoms with Gasteiger partial charge in [0, 0.05) is 36.7 Å². The average molecular weight is 358 g/mol. The Bertz CT molecular complexity index is 796. The topological polar surface area (TPSA) is 71.1 Å². The van der Waals surface area contributed by atoms with Gasteiger partial charge in [-0.05, 0) is 38.8 Å². The lowest BCUT2D eigenvalue weighted by Crippen LogP contribution is -2.39. The first-order valence-electron chi connectivity index (χ1n) is 9.16. The third-order valence-electron chi connectivity index (χ3n) is 5.39. The number of carbonyl (C=O) groups excluding carboxylic acids is 1. The van der Waals surface area contributed by atoms with Crippen molar-refractivity contribution in [3.63, 3.8) is 0 Å². The van der Waals surface area contributed by atoms with Crippen LogP contribution in [0.25, 0.3) is 0 Å². The van der Waals surface area contributed by atoms with Crippen molar-refractivity contribution >= 4 is 5.91 Å². The lowest BCUT2D eigenvalue weighted by atomic mass is 9.92. The van der Waals surface area contributed by atoms with Crippen molar-refractivity contribution in [3.05, 3.63) is 46.8 Å². The molecule has 7 heteroatoms. The van der Waals surface area contributed by atoms with E-state index in [-0.39, 0.29) is 29.9 Å². The van der Waals surface area contributed by atoms with Crippen LogP contribution in [0.1, 0.15) is 66.2 Å². The van der Waals surface area contributed by atoms with Crippen LogP contribution in [0.4, 0.5) is 4.39 Å². The standard InChI is InChI=1S/C19H23FN4O2/c1-11-9-15-17(12(2)26-11)22-23-18(15)19(25)24-7-5-13(6-8-24)16-4-3-14(20)10-21-16/h3-4,10-13H,5-9H2,1-2H3,(H,22,23)/t11-,12+/m1/s1. The van der Waals surface area contributed by atoms with E-state index < -0.39 is 0 Å². The number of likely N-dealkylation sites (tertiary alicyclic amines) is 1. The number of rotatable bonds is 2. The van der Waals surface area contributed by atoms with Gasteiger partial charge in [0.25, 0.3) is 5.91 Å². The Hall–Kier alpha value is -2.28. The lowest BCUT2D eigenvalue weighted by molar-refractivity contribution is -0.00703. The number of carbonyl (C=O) groups is 1. The number of ether oxygens (including phenoxy) is 1. The smallest absolute Gasteiger partial charge is 0.274 e. The van der Waals surface area contributed by atoms with E-state index in [0.29, 0.717) is 25.2 Å². The van der Waals surface area contributed by atoms with Crippen LogP contribution in [-0.4, -0.2) is 45.2 Å². The van der Waals surface area contributed by atoms with E-state index >= 15 is 0 Å². The predicted molar refractivity (Wildman–Crippen MR) is 93.3 cm³/mol.